The van der Waals surface area contributed by atoms with E-state index < -0.39 is 16.2 Å². The number of hydrogen-bond acceptors (Lipinski definition) is 5. The Hall–Kier alpha value is -2.20. The maximum Gasteiger partial charge on any atom is 0.337 e. The fourth-order valence-electron chi connectivity index (χ4n) is 2.97. The number of anilines is 1. The second-order valence-electron chi connectivity index (χ2n) is 6.55. The van der Waals surface area contributed by atoms with E-state index in [9.17, 15) is 13.2 Å². The minimum atomic E-state index is -3.84. The van der Waals surface area contributed by atoms with Gasteiger partial charge in [-0.05, 0) is 37.3 Å². The van der Waals surface area contributed by atoms with Crippen LogP contribution in [0.2, 0.25) is 5.02 Å². The van der Waals surface area contributed by atoms with Crippen molar-refractivity contribution >= 4 is 33.5 Å². The topological polar surface area (TPSA) is 103 Å². The highest BCUT2D eigenvalue weighted by molar-refractivity contribution is 7.90. The molecular formula is C18H21ClN4O4S. The summed E-state index contributed by atoms with van der Waals surface area (Å²) in [5.41, 5.74) is 0.886. The second-order valence-corrected chi connectivity index (χ2v) is 8.84. The summed E-state index contributed by atoms with van der Waals surface area (Å²) in [6.45, 7) is 3.16. The third-order valence-electron chi connectivity index (χ3n) is 4.41. The molecule has 1 aromatic heterocycles. The molecule has 28 heavy (non-hydrogen) atoms. The fourth-order valence-corrected chi connectivity index (χ4v) is 4.85. The van der Waals surface area contributed by atoms with Gasteiger partial charge in [-0.15, -0.1) is 0 Å². The predicted octanol–water partition coefficient (Wildman–Crippen LogP) is 1.98. The van der Waals surface area contributed by atoms with Crippen molar-refractivity contribution in [3.63, 3.8) is 0 Å². The Bertz CT molecular complexity index is 952. The van der Waals surface area contributed by atoms with Crippen molar-refractivity contribution in [2.45, 2.75) is 19.5 Å². The molecule has 0 aliphatic carbocycles. The van der Waals surface area contributed by atoms with E-state index in [1.54, 1.807) is 24.3 Å². The predicted molar refractivity (Wildman–Crippen MR) is 107 cm³/mol. The van der Waals surface area contributed by atoms with E-state index in [2.05, 4.69) is 10.3 Å². The Morgan fingerprint density at radius 1 is 1.39 bits per heavy atom. The van der Waals surface area contributed by atoms with Gasteiger partial charge in [0, 0.05) is 36.9 Å². The number of carboxylic acids is 1. The number of pyridine rings is 1. The molecule has 150 valence electrons. The molecule has 8 nitrogen and oxygen atoms in total. The molecule has 1 saturated heterocycles. The number of aromatic carboxylic acids is 1. The monoisotopic (exact) mass is 424 g/mol. The minimum Gasteiger partial charge on any atom is -0.478 e. The number of nitrogens with zero attached hydrogens (tertiary/aromatic N) is 3. The van der Waals surface area contributed by atoms with Gasteiger partial charge in [0.15, 0.2) is 0 Å². The maximum absolute atomic E-state index is 13.4. The minimum absolute atomic E-state index is 0.0387. The van der Waals surface area contributed by atoms with Crippen LogP contribution < -0.4 is 9.62 Å². The number of nitrogens with one attached hydrogen (secondary N) is 1. The van der Waals surface area contributed by atoms with E-state index in [4.69, 9.17) is 16.7 Å². The number of carbonyl (C=O) groups is 1. The lowest BCUT2D eigenvalue weighted by Crippen LogP contribution is -2.55. The van der Waals surface area contributed by atoms with Gasteiger partial charge in [0.25, 0.3) is 0 Å². The first-order chi connectivity index (χ1) is 13.3. The molecule has 0 unspecified atom stereocenters. The standard InChI is InChI=1S/C18H21ClN4O4S/c1-13-11-22(8-7-20-13)28(26,27)23(17-4-2-3-15(19)9-17)12-16-6-5-14(10-21-16)18(24)25/h2-6,9-10,13,20H,7-8,11-12H2,1H3,(H,24,25)/t13-/m1/s1. The first-order valence-electron chi connectivity index (χ1n) is 8.72. The lowest BCUT2D eigenvalue weighted by molar-refractivity contribution is 0.0696. The average molecular weight is 425 g/mol. The van der Waals surface area contributed by atoms with E-state index >= 15 is 0 Å². The lowest BCUT2D eigenvalue weighted by atomic mass is 10.2. The van der Waals surface area contributed by atoms with Crippen LogP contribution in [-0.4, -0.2) is 54.5 Å². The molecule has 1 aromatic carbocycles. The van der Waals surface area contributed by atoms with Gasteiger partial charge in [-0.2, -0.15) is 12.7 Å². The number of halogens is 1. The van der Waals surface area contributed by atoms with Crippen molar-refractivity contribution in [2.75, 3.05) is 23.9 Å². The van der Waals surface area contributed by atoms with Crippen molar-refractivity contribution in [3.05, 3.63) is 58.9 Å². The molecule has 2 aromatic rings. The summed E-state index contributed by atoms with van der Waals surface area (Å²) in [5.74, 6) is -1.09. The Morgan fingerprint density at radius 3 is 2.79 bits per heavy atom. The largest absolute Gasteiger partial charge is 0.478 e. The number of benzene rings is 1. The third-order valence-corrected chi connectivity index (χ3v) is 6.53. The summed E-state index contributed by atoms with van der Waals surface area (Å²) >= 11 is 6.08. The van der Waals surface area contributed by atoms with Crippen LogP contribution in [0.4, 0.5) is 5.69 Å². The van der Waals surface area contributed by atoms with Gasteiger partial charge >= 0.3 is 16.2 Å². The lowest BCUT2D eigenvalue weighted by Gasteiger charge is -2.35. The molecule has 1 fully saturated rings. The highest BCUT2D eigenvalue weighted by Crippen LogP contribution is 2.26. The van der Waals surface area contributed by atoms with Gasteiger partial charge in [0.05, 0.1) is 23.5 Å². The zero-order valence-electron chi connectivity index (χ0n) is 15.2. The van der Waals surface area contributed by atoms with Gasteiger partial charge in [0.1, 0.15) is 0 Å². The average Bonchev–Trinajstić information content (AvgIpc) is 2.66. The Labute approximate surface area is 168 Å². The zero-order chi connectivity index (χ0) is 20.3. The second kappa shape index (κ2) is 8.44. The van der Waals surface area contributed by atoms with Gasteiger partial charge in [-0.1, -0.05) is 17.7 Å². The number of aromatic nitrogens is 1. The first-order valence-corrected chi connectivity index (χ1v) is 10.5. The molecule has 2 N–H and O–H groups in total. The molecule has 2 heterocycles. The Balaban J connectivity index is 1.96. The number of piperazine rings is 1. The van der Waals surface area contributed by atoms with Crippen molar-refractivity contribution in [3.8, 4) is 0 Å². The summed E-state index contributed by atoms with van der Waals surface area (Å²) in [4.78, 5) is 15.1. The molecule has 0 bridgehead atoms. The fraction of sp³-hybridized carbons (Fsp3) is 0.333. The molecular weight excluding hydrogens is 404 g/mol. The molecule has 0 spiro atoms. The smallest absolute Gasteiger partial charge is 0.337 e. The van der Waals surface area contributed by atoms with Gasteiger partial charge < -0.3 is 10.4 Å². The van der Waals surface area contributed by atoms with Crippen LogP contribution in [0.1, 0.15) is 23.0 Å². The van der Waals surface area contributed by atoms with Crippen LogP contribution in [0.25, 0.3) is 0 Å². The zero-order valence-corrected chi connectivity index (χ0v) is 16.8. The van der Waals surface area contributed by atoms with Gasteiger partial charge in [-0.25, -0.2) is 4.79 Å². The number of rotatable bonds is 6. The number of carboxylic acid groups (broad SMARTS) is 1. The van der Waals surface area contributed by atoms with Crippen molar-refractivity contribution in [1.29, 1.82) is 0 Å². The molecule has 1 atom stereocenters. The van der Waals surface area contributed by atoms with E-state index in [-0.39, 0.29) is 18.2 Å². The van der Waals surface area contributed by atoms with Crippen LogP contribution in [0.3, 0.4) is 0 Å². The normalized spacial score (nSPS) is 18.0. The molecule has 1 aliphatic rings. The molecule has 0 amide bonds. The van der Waals surface area contributed by atoms with E-state index in [0.29, 0.717) is 36.0 Å². The maximum atomic E-state index is 13.4. The van der Waals surface area contributed by atoms with Gasteiger partial charge in [0.2, 0.25) is 0 Å². The third kappa shape index (κ3) is 4.61. The molecule has 1 aliphatic heterocycles. The van der Waals surface area contributed by atoms with Crippen LogP contribution in [0.5, 0.6) is 0 Å². The van der Waals surface area contributed by atoms with E-state index in [1.807, 2.05) is 6.92 Å². The molecule has 0 radical (unpaired) electrons. The SMILES string of the molecule is C[C@@H]1CN(S(=O)(=O)N(Cc2ccc(C(=O)O)cn2)c2cccc(Cl)c2)CCN1. The highest BCUT2D eigenvalue weighted by atomic mass is 35.5. The molecule has 0 saturated carbocycles. The van der Waals surface area contributed by atoms with Crippen LogP contribution >= 0.6 is 11.6 Å². The van der Waals surface area contributed by atoms with Crippen LogP contribution in [0, 0.1) is 0 Å². The highest BCUT2D eigenvalue weighted by Gasteiger charge is 2.33. The van der Waals surface area contributed by atoms with Crippen LogP contribution in [-0.2, 0) is 16.8 Å². The summed E-state index contributed by atoms with van der Waals surface area (Å²) in [6.07, 6.45) is 1.22. The summed E-state index contributed by atoms with van der Waals surface area (Å²) in [6, 6.07) is 9.55. The Morgan fingerprint density at radius 2 is 2.18 bits per heavy atom. The van der Waals surface area contributed by atoms with Crippen molar-refractivity contribution in [2.24, 2.45) is 0 Å². The summed E-state index contributed by atoms with van der Waals surface area (Å²) in [5, 5.41) is 12.7. The molecule has 3 rings (SSSR count). The van der Waals surface area contributed by atoms with Gasteiger partial charge in [-0.3, -0.25) is 9.29 Å². The van der Waals surface area contributed by atoms with Crippen molar-refractivity contribution in [1.82, 2.24) is 14.6 Å². The summed E-state index contributed by atoms with van der Waals surface area (Å²) in [7, 11) is -3.84. The van der Waals surface area contributed by atoms with Crippen molar-refractivity contribution < 1.29 is 18.3 Å². The number of hydrogen-bond donors (Lipinski definition) is 2. The summed E-state index contributed by atoms with van der Waals surface area (Å²) < 4.78 is 29.4. The van der Waals surface area contributed by atoms with E-state index in [1.165, 1.54) is 26.9 Å². The Kier molecular flexibility index (Phi) is 6.19. The van der Waals surface area contributed by atoms with Crippen LogP contribution in [0.15, 0.2) is 42.6 Å². The quantitative estimate of drug-likeness (QED) is 0.735. The first kappa shape index (κ1) is 20.5. The molecule has 10 heteroatoms. The van der Waals surface area contributed by atoms with E-state index in [0.717, 1.165) is 0 Å².